The summed E-state index contributed by atoms with van der Waals surface area (Å²) < 4.78 is 0. The summed E-state index contributed by atoms with van der Waals surface area (Å²) in [5.41, 5.74) is 1.79. The summed E-state index contributed by atoms with van der Waals surface area (Å²) in [5, 5.41) is 2.92. The molecule has 2 rings (SSSR count). The molecule has 0 radical (unpaired) electrons. The molecule has 0 spiro atoms. The molecular weight excluding hydrogens is 312 g/mol. The molecule has 1 saturated heterocycles. The largest absolute Gasteiger partial charge is 0.346 e. The predicted molar refractivity (Wildman–Crippen MR) is 102 cm³/mol. The number of amides is 1. The lowest BCUT2D eigenvalue weighted by atomic mass is 9.86. The first-order valence-corrected chi connectivity index (χ1v) is 9.19. The third kappa shape index (κ3) is 5.15. The van der Waals surface area contributed by atoms with Gasteiger partial charge in [0, 0.05) is 30.2 Å². The van der Waals surface area contributed by atoms with E-state index in [1.165, 1.54) is 0 Å². The fraction of sp³-hybridized carbons (Fsp3) is 0.619. The first kappa shape index (κ1) is 19.6. The molecule has 1 aromatic rings. The molecule has 1 aliphatic rings. The highest BCUT2D eigenvalue weighted by Crippen LogP contribution is 2.23. The van der Waals surface area contributed by atoms with Crippen molar-refractivity contribution in [3.8, 4) is 0 Å². The van der Waals surface area contributed by atoms with Crippen molar-refractivity contribution in [1.29, 1.82) is 0 Å². The highest BCUT2D eigenvalue weighted by Gasteiger charge is 2.29. The topological polar surface area (TPSA) is 49.4 Å². The Hall–Kier alpha value is -1.68. The maximum Gasteiger partial charge on any atom is 0.292 e. The van der Waals surface area contributed by atoms with Gasteiger partial charge in [0.15, 0.2) is 0 Å². The van der Waals surface area contributed by atoms with Crippen molar-refractivity contribution in [3.05, 3.63) is 35.4 Å². The number of carbonyl (C=O) groups is 2. The minimum absolute atomic E-state index is 0.0326. The van der Waals surface area contributed by atoms with Crippen molar-refractivity contribution >= 4 is 11.7 Å². The van der Waals surface area contributed by atoms with Crippen LogP contribution in [0.1, 0.15) is 70.3 Å². The molecular formula is C21H32N2O2. The van der Waals surface area contributed by atoms with Crippen LogP contribution in [0.4, 0.5) is 0 Å². The van der Waals surface area contributed by atoms with Crippen molar-refractivity contribution < 1.29 is 9.59 Å². The first-order valence-electron chi connectivity index (χ1n) is 9.19. The normalized spacial score (nSPS) is 17.4. The van der Waals surface area contributed by atoms with Gasteiger partial charge < -0.3 is 5.32 Å². The fourth-order valence-electron chi connectivity index (χ4n) is 3.20. The molecule has 1 aromatic carbocycles. The van der Waals surface area contributed by atoms with Crippen LogP contribution in [0.3, 0.4) is 0 Å². The second kappa shape index (κ2) is 7.28. The Bertz CT molecular complexity index is 613. The molecule has 138 valence electrons. The zero-order valence-electron chi connectivity index (χ0n) is 16.5. The number of nitrogens with one attached hydrogen (secondary N) is 1. The van der Waals surface area contributed by atoms with Crippen molar-refractivity contribution in [2.24, 2.45) is 0 Å². The molecule has 25 heavy (non-hydrogen) atoms. The Kier molecular flexibility index (Phi) is 5.72. The summed E-state index contributed by atoms with van der Waals surface area (Å²) in [5.74, 6) is -0.934. The fourth-order valence-corrected chi connectivity index (χ4v) is 3.20. The summed E-state index contributed by atoms with van der Waals surface area (Å²) in [6.45, 7) is 14.9. The van der Waals surface area contributed by atoms with Crippen LogP contribution in [0.5, 0.6) is 0 Å². The van der Waals surface area contributed by atoms with Gasteiger partial charge in [-0.15, -0.1) is 0 Å². The number of carbonyl (C=O) groups excluding carboxylic acids is 2. The maximum atomic E-state index is 12.4. The Balaban J connectivity index is 1.92. The van der Waals surface area contributed by atoms with E-state index in [-0.39, 0.29) is 17.0 Å². The summed E-state index contributed by atoms with van der Waals surface area (Å²) in [6.07, 6.45) is 1.78. The minimum atomic E-state index is -0.488. The van der Waals surface area contributed by atoms with Crippen LogP contribution < -0.4 is 5.32 Å². The molecule has 1 N–H and O–H groups in total. The molecule has 1 amide bonds. The van der Waals surface area contributed by atoms with Crippen LogP contribution in [0.15, 0.2) is 24.3 Å². The Morgan fingerprint density at radius 2 is 1.48 bits per heavy atom. The molecule has 0 aromatic heterocycles. The lowest BCUT2D eigenvalue weighted by molar-refractivity contribution is -0.118. The average molecular weight is 344 g/mol. The highest BCUT2D eigenvalue weighted by molar-refractivity contribution is 6.42. The van der Waals surface area contributed by atoms with E-state index in [1.54, 1.807) is 12.1 Å². The molecule has 0 bridgehead atoms. The van der Waals surface area contributed by atoms with E-state index in [0.29, 0.717) is 5.56 Å². The quantitative estimate of drug-likeness (QED) is 0.674. The third-order valence-corrected chi connectivity index (χ3v) is 5.00. The van der Waals surface area contributed by atoms with Crippen LogP contribution in [0.2, 0.25) is 0 Å². The van der Waals surface area contributed by atoms with Gasteiger partial charge in [-0.2, -0.15) is 0 Å². The molecule has 0 aliphatic carbocycles. The van der Waals surface area contributed by atoms with E-state index in [0.717, 1.165) is 31.5 Å². The van der Waals surface area contributed by atoms with Crippen molar-refractivity contribution in [3.63, 3.8) is 0 Å². The van der Waals surface area contributed by atoms with Gasteiger partial charge in [-0.25, -0.2) is 0 Å². The number of hydrogen-bond donors (Lipinski definition) is 1. The van der Waals surface area contributed by atoms with Crippen molar-refractivity contribution in [1.82, 2.24) is 10.2 Å². The van der Waals surface area contributed by atoms with Crippen molar-refractivity contribution in [2.45, 2.75) is 71.4 Å². The zero-order chi connectivity index (χ0) is 18.8. The number of rotatable bonds is 3. The van der Waals surface area contributed by atoms with Gasteiger partial charge >= 0.3 is 0 Å². The summed E-state index contributed by atoms with van der Waals surface area (Å²) in [7, 11) is 0. The van der Waals surface area contributed by atoms with Gasteiger partial charge in [-0.3, -0.25) is 14.5 Å². The van der Waals surface area contributed by atoms with E-state index in [9.17, 15) is 9.59 Å². The second-order valence-corrected chi connectivity index (χ2v) is 9.06. The lowest BCUT2D eigenvalue weighted by Gasteiger charge is -2.40. The highest BCUT2D eigenvalue weighted by atomic mass is 16.2. The molecule has 4 heteroatoms. The van der Waals surface area contributed by atoms with Gasteiger partial charge in [0.1, 0.15) is 0 Å². The minimum Gasteiger partial charge on any atom is -0.346 e. The van der Waals surface area contributed by atoms with Gasteiger partial charge in [0.05, 0.1) is 0 Å². The van der Waals surface area contributed by atoms with Crippen LogP contribution in [-0.4, -0.2) is 41.3 Å². The Morgan fingerprint density at radius 1 is 0.960 bits per heavy atom. The summed E-state index contributed by atoms with van der Waals surface area (Å²) >= 11 is 0. The van der Waals surface area contributed by atoms with Crippen molar-refractivity contribution in [2.75, 3.05) is 13.1 Å². The number of nitrogens with zero attached hydrogens (tertiary/aromatic N) is 1. The summed E-state index contributed by atoms with van der Waals surface area (Å²) in [4.78, 5) is 27.1. The van der Waals surface area contributed by atoms with Gasteiger partial charge in [-0.1, -0.05) is 45.0 Å². The van der Waals surface area contributed by atoms with Gasteiger partial charge in [0.25, 0.3) is 5.91 Å². The van der Waals surface area contributed by atoms with Gasteiger partial charge in [-0.05, 0) is 44.6 Å². The smallest absolute Gasteiger partial charge is 0.292 e. The zero-order valence-corrected chi connectivity index (χ0v) is 16.5. The van der Waals surface area contributed by atoms with E-state index < -0.39 is 11.7 Å². The monoisotopic (exact) mass is 344 g/mol. The number of benzene rings is 1. The van der Waals surface area contributed by atoms with Crippen LogP contribution in [0, 0.1) is 0 Å². The van der Waals surface area contributed by atoms with E-state index in [4.69, 9.17) is 0 Å². The van der Waals surface area contributed by atoms with Crippen LogP contribution in [-0.2, 0) is 10.2 Å². The second-order valence-electron chi connectivity index (χ2n) is 9.06. The van der Waals surface area contributed by atoms with Crippen LogP contribution >= 0.6 is 0 Å². The number of ketones is 1. The molecule has 1 heterocycles. The lowest BCUT2D eigenvalue weighted by Crippen LogP contribution is -2.51. The molecule has 0 unspecified atom stereocenters. The number of likely N-dealkylation sites (tertiary alicyclic amines) is 1. The molecule has 4 nitrogen and oxygen atoms in total. The molecule has 0 atom stereocenters. The maximum absolute atomic E-state index is 12.4. The average Bonchev–Trinajstić information content (AvgIpc) is 2.53. The Labute approximate surface area is 152 Å². The first-order chi connectivity index (χ1) is 11.5. The number of hydrogen-bond acceptors (Lipinski definition) is 3. The third-order valence-electron chi connectivity index (χ3n) is 5.00. The molecule has 1 fully saturated rings. The van der Waals surface area contributed by atoms with E-state index in [1.807, 2.05) is 12.1 Å². The molecule has 0 saturated carbocycles. The SMILES string of the molecule is CC(C)(C)c1ccc(C(=O)C(=O)NC2CCN(C(C)(C)C)CC2)cc1. The van der Waals surface area contributed by atoms with E-state index >= 15 is 0 Å². The predicted octanol–water partition coefficient (Wildman–Crippen LogP) is 3.55. The Morgan fingerprint density at radius 3 is 1.92 bits per heavy atom. The summed E-state index contributed by atoms with van der Waals surface area (Å²) in [6, 6.07) is 7.46. The number of Topliss-reactive ketones (excluding diaryl/α,β-unsaturated/α-hetero) is 1. The van der Waals surface area contributed by atoms with E-state index in [2.05, 4.69) is 51.8 Å². The van der Waals surface area contributed by atoms with Crippen LogP contribution in [0.25, 0.3) is 0 Å². The molecule has 1 aliphatic heterocycles. The number of piperidine rings is 1. The van der Waals surface area contributed by atoms with Gasteiger partial charge in [0.2, 0.25) is 5.78 Å². The standard InChI is InChI=1S/C21H32N2O2/c1-20(2,3)16-9-7-15(8-10-16)18(24)19(25)22-17-11-13-23(14-12-17)21(4,5)6/h7-10,17H,11-14H2,1-6H3,(H,22,25).